The van der Waals surface area contributed by atoms with Crippen LogP contribution in [0.2, 0.25) is 0 Å². The first-order valence-electron chi connectivity index (χ1n) is 5.98. The first-order valence-corrected chi connectivity index (χ1v) is 5.98. The molecule has 0 aromatic heterocycles. The van der Waals surface area contributed by atoms with E-state index in [9.17, 15) is 22.8 Å². The van der Waals surface area contributed by atoms with Gasteiger partial charge in [-0.15, -0.1) is 0 Å². The zero-order valence-corrected chi connectivity index (χ0v) is 11.4. The van der Waals surface area contributed by atoms with Crippen LogP contribution in [0.5, 0.6) is 0 Å². The second kappa shape index (κ2) is 6.85. The zero-order valence-electron chi connectivity index (χ0n) is 11.4. The standard InChI is InChI=1S/C14H11F3N2O3/c1-8(19)11(6-18)12(20)7-22-13(21)9-2-4-10(5-3-9)14(15,16)17/h2-5,11,19H,7H2,1H3. The van der Waals surface area contributed by atoms with Gasteiger partial charge in [-0.3, -0.25) is 4.79 Å². The van der Waals surface area contributed by atoms with Crippen LogP contribution < -0.4 is 0 Å². The molecule has 1 rings (SSSR count). The number of alkyl halides is 3. The summed E-state index contributed by atoms with van der Waals surface area (Å²) in [5.41, 5.74) is -1.25. The molecule has 0 aliphatic heterocycles. The number of Topliss-reactive ketones (excluding diaryl/α,β-unsaturated/α-hetero) is 1. The lowest BCUT2D eigenvalue weighted by atomic mass is 10.0. The van der Waals surface area contributed by atoms with Crippen molar-refractivity contribution in [3.05, 3.63) is 35.4 Å². The molecule has 0 fully saturated rings. The Labute approximate surface area is 123 Å². The van der Waals surface area contributed by atoms with E-state index < -0.39 is 36.0 Å². The Morgan fingerprint density at radius 2 is 1.86 bits per heavy atom. The van der Waals surface area contributed by atoms with E-state index >= 15 is 0 Å². The smallest absolute Gasteiger partial charge is 0.416 e. The molecule has 0 radical (unpaired) electrons. The van der Waals surface area contributed by atoms with Crippen molar-refractivity contribution >= 4 is 17.5 Å². The molecule has 116 valence electrons. The number of nitrogens with zero attached hydrogens (tertiary/aromatic N) is 1. The third kappa shape index (κ3) is 4.41. The van der Waals surface area contributed by atoms with Crippen LogP contribution in [0.4, 0.5) is 13.2 Å². The molecule has 0 amide bonds. The van der Waals surface area contributed by atoms with Crippen molar-refractivity contribution < 1.29 is 27.5 Å². The molecule has 0 aliphatic carbocycles. The van der Waals surface area contributed by atoms with Gasteiger partial charge in [-0.1, -0.05) is 0 Å². The molecule has 22 heavy (non-hydrogen) atoms. The minimum Gasteiger partial charge on any atom is -0.454 e. The molecule has 5 nitrogen and oxygen atoms in total. The number of hydrogen-bond donors (Lipinski definition) is 1. The molecular weight excluding hydrogens is 301 g/mol. The predicted molar refractivity (Wildman–Crippen MR) is 69.2 cm³/mol. The van der Waals surface area contributed by atoms with Crippen LogP contribution in [0.3, 0.4) is 0 Å². The number of carbonyl (C=O) groups excluding carboxylic acids is 2. The second-order valence-electron chi connectivity index (χ2n) is 4.36. The maximum Gasteiger partial charge on any atom is 0.416 e. The monoisotopic (exact) mass is 312 g/mol. The molecule has 0 saturated carbocycles. The molecular formula is C14H11F3N2O3. The number of carbonyl (C=O) groups is 2. The van der Waals surface area contributed by atoms with Crippen molar-refractivity contribution in [2.75, 3.05) is 6.61 Å². The molecule has 1 aromatic rings. The number of benzene rings is 1. The summed E-state index contributed by atoms with van der Waals surface area (Å²) in [6, 6.07) is 4.90. The van der Waals surface area contributed by atoms with Crippen LogP contribution in [-0.4, -0.2) is 24.1 Å². The average Bonchev–Trinajstić information content (AvgIpc) is 2.44. The molecule has 1 aromatic carbocycles. The highest BCUT2D eigenvalue weighted by Gasteiger charge is 2.30. The Bertz CT molecular complexity index is 630. The lowest BCUT2D eigenvalue weighted by Gasteiger charge is -2.09. The normalized spacial score (nSPS) is 12.1. The van der Waals surface area contributed by atoms with Crippen molar-refractivity contribution in [1.82, 2.24) is 0 Å². The van der Waals surface area contributed by atoms with Crippen LogP contribution in [0.15, 0.2) is 24.3 Å². The summed E-state index contributed by atoms with van der Waals surface area (Å²) in [4.78, 5) is 23.1. The molecule has 0 saturated heterocycles. The number of rotatable bonds is 5. The van der Waals surface area contributed by atoms with Gasteiger partial charge in [0.1, 0.15) is 5.92 Å². The van der Waals surface area contributed by atoms with Gasteiger partial charge in [-0.2, -0.15) is 18.4 Å². The summed E-state index contributed by atoms with van der Waals surface area (Å²) in [6.45, 7) is 0.539. The average molecular weight is 312 g/mol. The third-order valence-electron chi connectivity index (χ3n) is 2.68. The highest BCUT2D eigenvalue weighted by Crippen LogP contribution is 2.29. The maximum atomic E-state index is 12.4. The summed E-state index contributed by atoms with van der Waals surface area (Å²) in [5, 5.41) is 15.9. The van der Waals surface area contributed by atoms with E-state index in [1.807, 2.05) is 0 Å². The first-order chi connectivity index (χ1) is 10.2. The molecule has 0 bridgehead atoms. The fraction of sp³-hybridized carbons (Fsp3) is 0.286. The van der Waals surface area contributed by atoms with Crippen LogP contribution in [-0.2, 0) is 15.7 Å². The molecule has 0 heterocycles. The quantitative estimate of drug-likeness (QED) is 0.668. The van der Waals surface area contributed by atoms with Gasteiger partial charge in [0.05, 0.1) is 17.2 Å². The van der Waals surface area contributed by atoms with Crippen LogP contribution in [0.1, 0.15) is 22.8 Å². The van der Waals surface area contributed by atoms with E-state index in [0.29, 0.717) is 0 Å². The fourth-order valence-electron chi connectivity index (χ4n) is 1.51. The summed E-state index contributed by atoms with van der Waals surface area (Å²) in [6.07, 6.45) is -4.51. The van der Waals surface area contributed by atoms with Crippen LogP contribution in [0, 0.1) is 22.7 Å². The second-order valence-corrected chi connectivity index (χ2v) is 4.36. The van der Waals surface area contributed by atoms with Crippen molar-refractivity contribution in [2.45, 2.75) is 13.1 Å². The van der Waals surface area contributed by atoms with Gasteiger partial charge in [0.2, 0.25) is 0 Å². The number of esters is 1. The highest BCUT2D eigenvalue weighted by molar-refractivity contribution is 6.06. The van der Waals surface area contributed by atoms with Crippen LogP contribution in [0.25, 0.3) is 0 Å². The summed E-state index contributed by atoms with van der Waals surface area (Å²) >= 11 is 0. The minimum atomic E-state index is -4.51. The SMILES string of the molecule is CC(=N)C(C#N)C(=O)COC(=O)c1ccc(C(F)(F)F)cc1. The molecule has 1 unspecified atom stereocenters. The first kappa shape index (κ1) is 17.4. The largest absolute Gasteiger partial charge is 0.454 e. The molecule has 8 heteroatoms. The Balaban J connectivity index is 2.69. The van der Waals surface area contributed by atoms with E-state index in [1.165, 1.54) is 6.92 Å². The fourth-order valence-corrected chi connectivity index (χ4v) is 1.51. The van der Waals surface area contributed by atoms with Gasteiger partial charge >= 0.3 is 12.1 Å². The lowest BCUT2D eigenvalue weighted by molar-refractivity contribution is -0.137. The van der Waals surface area contributed by atoms with E-state index in [2.05, 4.69) is 4.74 Å². The Hall–Kier alpha value is -2.69. The predicted octanol–water partition coefficient (Wildman–Crippen LogP) is 2.61. The molecule has 1 N–H and O–H groups in total. The van der Waals surface area contributed by atoms with Gasteiger partial charge in [0.15, 0.2) is 12.4 Å². The Morgan fingerprint density at radius 1 is 1.32 bits per heavy atom. The number of hydrogen-bond acceptors (Lipinski definition) is 5. The summed E-state index contributed by atoms with van der Waals surface area (Å²) in [7, 11) is 0. The number of halogens is 3. The van der Waals surface area contributed by atoms with E-state index in [4.69, 9.17) is 10.7 Å². The summed E-state index contributed by atoms with van der Waals surface area (Å²) < 4.78 is 41.7. The van der Waals surface area contributed by atoms with Crippen molar-refractivity contribution in [3.63, 3.8) is 0 Å². The van der Waals surface area contributed by atoms with E-state index in [-0.39, 0.29) is 11.3 Å². The van der Waals surface area contributed by atoms with Gasteiger partial charge in [-0.25, -0.2) is 4.79 Å². The van der Waals surface area contributed by atoms with Gasteiger partial charge in [0, 0.05) is 5.71 Å². The lowest BCUT2D eigenvalue weighted by Crippen LogP contribution is -2.25. The topological polar surface area (TPSA) is 91.0 Å². The highest BCUT2D eigenvalue weighted by atomic mass is 19.4. The maximum absolute atomic E-state index is 12.4. The molecule has 0 aliphatic rings. The van der Waals surface area contributed by atoms with Crippen molar-refractivity contribution in [3.8, 4) is 6.07 Å². The Morgan fingerprint density at radius 3 is 2.27 bits per heavy atom. The third-order valence-corrected chi connectivity index (χ3v) is 2.68. The van der Waals surface area contributed by atoms with E-state index in [0.717, 1.165) is 24.3 Å². The number of ether oxygens (including phenoxy) is 1. The number of nitrogens with one attached hydrogen (secondary N) is 1. The molecule has 1 atom stereocenters. The van der Waals surface area contributed by atoms with Gasteiger partial charge in [-0.05, 0) is 31.2 Å². The number of nitriles is 1. The van der Waals surface area contributed by atoms with Crippen molar-refractivity contribution in [2.24, 2.45) is 5.92 Å². The van der Waals surface area contributed by atoms with Gasteiger partial charge < -0.3 is 10.1 Å². The zero-order chi connectivity index (χ0) is 16.9. The van der Waals surface area contributed by atoms with E-state index in [1.54, 1.807) is 6.07 Å². The summed E-state index contributed by atoms with van der Waals surface area (Å²) in [5.74, 6) is -3.06. The van der Waals surface area contributed by atoms with Crippen LogP contribution >= 0.6 is 0 Å². The number of ketones is 1. The van der Waals surface area contributed by atoms with Gasteiger partial charge in [0.25, 0.3) is 0 Å². The Kier molecular flexibility index (Phi) is 5.40. The minimum absolute atomic E-state index is 0.152. The van der Waals surface area contributed by atoms with Crippen molar-refractivity contribution in [1.29, 1.82) is 10.7 Å². The molecule has 0 spiro atoms.